The second-order valence-electron chi connectivity index (χ2n) is 7.88. The second-order valence-corrected chi connectivity index (χ2v) is 8.35. The van der Waals surface area contributed by atoms with Crippen LogP contribution in [0, 0.1) is 11.8 Å². The molecule has 2 N–H and O–H groups in total. The normalized spacial score (nSPS) is 38.2. The molecule has 9 heteroatoms. The number of hydrazine groups is 1. The van der Waals surface area contributed by atoms with Gasteiger partial charge in [-0.15, -0.1) is 11.6 Å². The minimum absolute atomic E-state index is 0.0971. The van der Waals surface area contributed by atoms with Gasteiger partial charge in [-0.1, -0.05) is 12.8 Å². The fourth-order valence-electron chi connectivity index (χ4n) is 4.77. The van der Waals surface area contributed by atoms with Crippen molar-refractivity contribution < 1.29 is 18.0 Å². The van der Waals surface area contributed by atoms with E-state index in [1.165, 1.54) is 0 Å². The predicted molar refractivity (Wildman–Crippen MR) is 93.7 cm³/mol. The first kappa shape index (κ1) is 20.2. The van der Waals surface area contributed by atoms with E-state index in [-0.39, 0.29) is 30.3 Å². The molecule has 3 rings (SSSR count). The molecule has 1 saturated carbocycles. The lowest BCUT2D eigenvalue weighted by Crippen LogP contribution is -2.66. The molecular weight excluding hydrogens is 369 g/mol. The molecule has 1 aliphatic carbocycles. The van der Waals surface area contributed by atoms with E-state index >= 15 is 0 Å². The Morgan fingerprint density at radius 2 is 1.96 bits per heavy atom. The Labute approximate surface area is 157 Å². The van der Waals surface area contributed by atoms with E-state index in [9.17, 15) is 18.0 Å². The molecule has 0 aromatic heterocycles. The smallest absolute Gasteiger partial charge is 0.300 e. The summed E-state index contributed by atoms with van der Waals surface area (Å²) in [6, 6.07) is 0.0517. The van der Waals surface area contributed by atoms with Crippen molar-refractivity contribution in [2.75, 3.05) is 32.7 Å². The summed E-state index contributed by atoms with van der Waals surface area (Å²) < 4.78 is 40.0. The third kappa shape index (κ3) is 4.46. The molecule has 0 aromatic carbocycles. The maximum atomic E-state index is 13.3. The lowest BCUT2D eigenvalue weighted by molar-refractivity contribution is -0.198. The molecule has 0 radical (unpaired) electrons. The summed E-state index contributed by atoms with van der Waals surface area (Å²) in [5.74, 6) is -1.69. The summed E-state index contributed by atoms with van der Waals surface area (Å²) in [5.41, 5.74) is 5.40. The maximum absolute atomic E-state index is 13.3. The molecule has 0 bridgehead atoms. The van der Waals surface area contributed by atoms with Crippen LogP contribution in [0.3, 0.4) is 0 Å². The minimum Gasteiger partial charge on any atom is -0.300 e. The number of piperazine rings is 1. The summed E-state index contributed by atoms with van der Waals surface area (Å²) in [7, 11) is 0. The van der Waals surface area contributed by atoms with E-state index in [0.717, 1.165) is 6.42 Å². The van der Waals surface area contributed by atoms with Crippen LogP contribution < -0.4 is 10.9 Å². The van der Waals surface area contributed by atoms with Crippen molar-refractivity contribution in [3.8, 4) is 0 Å². The highest BCUT2D eigenvalue weighted by molar-refractivity contribution is 6.31. The molecule has 2 heterocycles. The zero-order valence-corrected chi connectivity index (χ0v) is 15.8. The van der Waals surface area contributed by atoms with Crippen molar-refractivity contribution in [1.29, 1.82) is 0 Å². The van der Waals surface area contributed by atoms with Gasteiger partial charge in [-0.3, -0.25) is 15.1 Å². The van der Waals surface area contributed by atoms with Crippen molar-refractivity contribution in [3.63, 3.8) is 0 Å². The van der Waals surface area contributed by atoms with Gasteiger partial charge >= 0.3 is 6.18 Å². The SMILES string of the molecule is C[C@@H]1CN(CC2CCCCC2C(F)(F)F)CCN1C1CNNC(=O)C1Cl. The Morgan fingerprint density at radius 1 is 1.23 bits per heavy atom. The zero-order chi connectivity index (χ0) is 18.9. The van der Waals surface area contributed by atoms with Gasteiger partial charge in [0.05, 0.1) is 5.92 Å². The number of halogens is 4. The number of hydrogen-bond donors (Lipinski definition) is 2. The quantitative estimate of drug-likeness (QED) is 0.716. The number of carbonyl (C=O) groups is 1. The number of nitrogens with one attached hydrogen (secondary N) is 2. The summed E-state index contributed by atoms with van der Waals surface area (Å²) in [4.78, 5) is 16.1. The molecule has 26 heavy (non-hydrogen) atoms. The van der Waals surface area contributed by atoms with Gasteiger partial charge in [-0.05, 0) is 25.7 Å². The van der Waals surface area contributed by atoms with E-state index in [1.807, 2.05) is 0 Å². The lowest BCUT2D eigenvalue weighted by atomic mass is 9.78. The maximum Gasteiger partial charge on any atom is 0.392 e. The molecule has 1 amide bonds. The Morgan fingerprint density at radius 3 is 2.65 bits per heavy atom. The van der Waals surface area contributed by atoms with Gasteiger partial charge in [-0.2, -0.15) is 13.2 Å². The fraction of sp³-hybridized carbons (Fsp3) is 0.941. The van der Waals surface area contributed by atoms with Crippen LogP contribution in [-0.2, 0) is 4.79 Å². The zero-order valence-electron chi connectivity index (χ0n) is 15.1. The molecule has 0 spiro atoms. The number of nitrogens with zero attached hydrogens (tertiary/aromatic N) is 2. The first-order valence-electron chi connectivity index (χ1n) is 9.49. The molecule has 3 aliphatic rings. The molecular formula is C17H28ClF3N4O. The van der Waals surface area contributed by atoms with E-state index in [0.29, 0.717) is 45.6 Å². The third-order valence-corrected chi connectivity index (χ3v) is 6.61. The molecule has 150 valence electrons. The summed E-state index contributed by atoms with van der Waals surface area (Å²) in [6.45, 7) is 5.28. The second kappa shape index (κ2) is 8.20. The van der Waals surface area contributed by atoms with Crippen LogP contribution in [0.5, 0.6) is 0 Å². The number of amides is 1. The highest BCUT2D eigenvalue weighted by Crippen LogP contribution is 2.42. The highest BCUT2D eigenvalue weighted by atomic mass is 35.5. The molecule has 2 saturated heterocycles. The number of carbonyl (C=O) groups excluding carboxylic acids is 1. The number of rotatable bonds is 3. The summed E-state index contributed by atoms with van der Waals surface area (Å²) in [6.07, 6.45) is -1.59. The average Bonchev–Trinajstić information content (AvgIpc) is 2.58. The Bertz CT molecular complexity index is 507. The number of hydrogen-bond acceptors (Lipinski definition) is 4. The Balaban J connectivity index is 1.57. The monoisotopic (exact) mass is 396 g/mol. The van der Waals surface area contributed by atoms with Gasteiger partial charge in [0.15, 0.2) is 0 Å². The first-order chi connectivity index (χ1) is 12.3. The van der Waals surface area contributed by atoms with Crippen LogP contribution in [0.15, 0.2) is 0 Å². The van der Waals surface area contributed by atoms with Gasteiger partial charge < -0.3 is 4.90 Å². The van der Waals surface area contributed by atoms with E-state index in [1.54, 1.807) is 0 Å². The third-order valence-electron chi connectivity index (χ3n) is 6.12. The van der Waals surface area contributed by atoms with Gasteiger partial charge in [-0.25, -0.2) is 5.43 Å². The molecule has 2 aliphatic heterocycles. The van der Waals surface area contributed by atoms with Gasteiger partial charge in [0.2, 0.25) is 0 Å². The van der Waals surface area contributed by atoms with Crippen LogP contribution in [-0.4, -0.2) is 72.1 Å². The Kier molecular flexibility index (Phi) is 6.37. The van der Waals surface area contributed by atoms with Crippen LogP contribution >= 0.6 is 11.6 Å². The molecule has 0 aromatic rings. The van der Waals surface area contributed by atoms with Crippen molar-refractivity contribution in [1.82, 2.24) is 20.7 Å². The molecule has 3 fully saturated rings. The highest BCUT2D eigenvalue weighted by Gasteiger charge is 2.46. The fourth-order valence-corrected chi connectivity index (χ4v) is 5.06. The first-order valence-corrected chi connectivity index (χ1v) is 9.92. The van der Waals surface area contributed by atoms with Crippen LogP contribution in [0.1, 0.15) is 32.6 Å². The van der Waals surface area contributed by atoms with E-state index < -0.39 is 17.5 Å². The van der Waals surface area contributed by atoms with E-state index in [2.05, 4.69) is 27.6 Å². The lowest BCUT2D eigenvalue weighted by Gasteiger charge is -2.47. The standard InChI is InChI=1S/C17H28ClF3N4O/c1-11-9-24(10-12-4-2-3-5-13(12)17(19,20)21)6-7-25(11)14-8-22-23-16(26)15(14)18/h11-15,22H,2-10H2,1H3,(H,23,26)/t11-,12?,13?,14?,15?/m1/s1. The molecule has 5 atom stereocenters. The predicted octanol–water partition coefficient (Wildman–Crippen LogP) is 1.97. The van der Waals surface area contributed by atoms with Crippen molar-refractivity contribution in [2.24, 2.45) is 11.8 Å². The van der Waals surface area contributed by atoms with Crippen molar-refractivity contribution in [2.45, 2.75) is 56.2 Å². The average molecular weight is 397 g/mol. The van der Waals surface area contributed by atoms with Crippen LogP contribution in [0.25, 0.3) is 0 Å². The van der Waals surface area contributed by atoms with Gasteiger partial charge in [0.1, 0.15) is 5.38 Å². The topological polar surface area (TPSA) is 47.6 Å². The molecule has 4 unspecified atom stereocenters. The summed E-state index contributed by atoms with van der Waals surface area (Å²) in [5, 5.41) is -0.613. The minimum atomic E-state index is -4.09. The van der Waals surface area contributed by atoms with Crippen molar-refractivity contribution >= 4 is 17.5 Å². The largest absolute Gasteiger partial charge is 0.392 e. The summed E-state index contributed by atoms with van der Waals surface area (Å²) >= 11 is 6.26. The molecule has 5 nitrogen and oxygen atoms in total. The number of alkyl halides is 4. The van der Waals surface area contributed by atoms with Gasteiger partial charge in [0, 0.05) is 44.8 Å². The van der Waals surface area contributed by atoms with Crippen molar-refractivity contribution in [3.05, 3.63) is 0 Å². The van der Waals surface area contributed by atoms with E-state index in [4.69, 9.17) is 11.6 Å². The Hall–Kier alpha value is -0.570. The van der Waals surface area contributed by atoms with Crippen LogP contribution in [0.4, 0.5) is 13.2 Å². The van der Waals surface area contributed by atoms with Gasteiger partial charge in [0.25, 0.3) is 5.91 Å². The van der Waals surface area contributed by atoms with Crippen LogP contribution in [0.2, 0.25) is 0 Å².